The van der Waals surface area contributed by atoms with Crippen LogP contribution >= 0.6 is 54.8 Å². The van der Waals surface area contributed by atoms with E-state index in [9.17, 15) is 0 Å². The molecule has 0 radical (unpaired) electrons. The molecule has 2 aromatic rings. The number of methoxy groups -OCH3 is 2. The van der Waals surface area contributed by atoms with Gasteiger partial charge in [-0.2, -0.15) is 0 Å². The lowest BCUT2D eigenvalue weighted by molar-refractivity contribution is 0.354. The molecule has 1 unspecified atom stereocenters. The first-order valence-electron chi connectivity index (χ1n) is 6.05. The Morgan fingerprint density at radius 2 is 1.71 bits per heavy atom. The van der Waals surface area contributed by atoms with Crippen LogP contribution < -0.4 is 14.8 Å². The standard InChI is InChI=1S/C14H14Br2ClNO2S/c1-18-13(8-5-12(15)21-14(8)16)7-4-10(19-2)11(20-3)6-9(7)17/h4-6,13,18H,1-3H3. The summed E-state index contributed by atoms with van der Waals surface area (Å²) in [5.74, 6) is 1.27. The first kappa shape index (κ1) is 17.1. The van der Waals surface area contributed by atoms with E-state index in [4.69, 9.17) is 21.1 Å². The molecule has 1 heterocycles. The minimum absolute atomic E-state index is 0.0470. The molecule has 0 bridgehead atoms. The SMILES string of the molecule is CNC(c1cc(OC)c(OC)cc1Cl)c1cc(Br)sc1Br. The molecule has 7 heteroatoms. The zero-order valence-electron chi connectivity index (χ0n) is 11.7. The van der Waals surface area contributed by atoms with Gasteiger partial charge in [-0.3, -0.25) is 0 Å². The summed E-state index contributed by atoms with van der Waals surface area (Å²) in [5, 5.41) is 3.92. The normalized spacial score (nSPS) is 12.3. The molecule has 0 aliphatic heterocycles. The Morgan fingerprint density at radius 1 is 1.10 bits per heavy atom. The largest absolute Gasteiger partial charge is 0.493 e. The number of rotatable bonds is 5. The Kier molecular flexibility index (Phi) is 5.96. The van der Waals surface area contributed by atoms with Gasteiger partial charge in [0.2, 0.25) is 0 Å². The maximum atomic E-state index is 6.42. The maximum Gasteiger partial charge on any atom is 0.162 e. The Balaban J connectivity index is 2.54. The van der Waals surface area contributed by atoms with Gasteiger partial charge in [0.05, 0.1) is 27.8 Å². The molecule has 1 N–H and O–H groups in total. The van der Waals surface area contributed by atoms with Gasteiger partial charge in [0.25, 0.3) is 0 Å². The van der Waals surface area contributed by atoms with Crippen LogP contribution in [0.2, 0.25) is 5.02 Å². The van der Waals surface area contributed by atoms with Crippen molar-refractivity contribution in [3.63, 3.8) is 0 Å². The molecule has 0 saturated heterocycles. The molecular formula is C14H14Br2ClNO2S. The van der Waals surface area contributed by atoms with E-state index in [0.29, 0.717) is 16.5 Å². The van der Waals surface area contributed by atoms with E-state index in [2.05, 4.69) is 43.2 Å². The quantitative estimate of drug-likeness (QED) is 0.668. The Bertz CT molecular complexity index is 648. The van der Waals surface area contributed by atoms with Crippen LogP contribution in [0.15, 0.2) is 25.8 Å². The average Bonchev–Trinajstić information content (AvgIpc) is 2.79. The molecule has 0 amide bonds. The predicted molar refractivity (Wildman–Crippen MR) is 95.2 cm³/mol. The van der Waals surface area contributed by atoms with Gasteiger partial charge in [0.15, 0.2) is 11.5 Å². The van der Waals surface area contributed by atoms with Gasteiger partial charge in [-0.15, -0.1) is 11.3 Å². The molecule has 1 atom stereocenters. The van der Waals surface area contributed by atoms with Crippen molar-refractivity contribution >= 4 is 54.8 Å². The minimum Gasteiger partial charge on any atom is -0.493 e. The fourth-order valence-corrected chi connectivity index (χ4v) is 5.28. The Labute approximate surface area is 149 Å². The van der Waals surface area contributed by atoms with E-state index in [0.717, 1.165) is 18.7 Å². The van der Waals surface area contributed by atoms with Crippen molar-refractivity contribution in [3.8, 4) is 11.5 Å². The highest BCUT2D eigenvalue weighted by molar-refractivity contribution is 9.12. The molecule has 21 heavy (non-hydrogen) atoms. The van der Waals surface area contributed by atoms with Crippen LogP contribution in [0.25, 0.3) is 0 Å². The van der Waals surface area contributed by atoms with Crippen LogP contribution in [0.5, 0.6) is 11.5 Å². The summed E-state index contributed by atoms with van der Waals surface area (Å²) in [6.07, 6.45) is 0. The number of ether oxygens (including phenoxy) is 2. The third-order valence-electron chi connectivity index (χ3n) is 3.10. The van der Waals surface area contributed by atoms with E-state index >= 15 is 0 Å². The molecule has 2 rings (SSSR count). The highest BCUT2D eigenvalue weighted by Gasteiger charge is 2.22. The summed E-state index contributed by atoms with van der Waals surface area (Å²) >= 11 is 15.1. The fourth-order valence-electron chi connectivity index (χ4n) is 2.12. The van der Waals surface area contributed by atoms with E-state index in [1.54, 1.807) is 31.6 Å². The van der Waals surface area contributed by atoms with Gasteiger partial charge in [0, 0.05) is 11.1 Å². The molecule has 1 aromatic carbocycles. The van der Waals surface area contributed by atoms with Crippen LogP contribution in [-0.4, -0.2) is 21.3 Å². The molecule has 0 fully saturated rings. The van der Waals surface area contributed by atoms with Crippen molar-refractivity contribution in [3.05, 3.63) is 41.9 Å². The number of benzene rings is 1. The summed E-state index contributed by atoms with van der Waals surface area (Å²) in [6.45, 7) is 0. The monoisotopic (exact) mass is 453 g/mol. The summed E-state index contributed by atoms with van der Waals surface area (Å²) < 4.78 is 12.8. The van der Waals surface area contributed by atoms with Crippen LogP contribution in [0, 0.1) is 0 Å². The van der Waals surface area contributed by atoms with E-state index in [1.165, 1.54) is 0 Å². The topological polar surface area (TPSA) is 30.5 Å². The number of thiophene rings is 1. The number of halogens is 3. The number of hydrogen-bond acceptors (Lipinski definition) is 4. The van der Waals surface area contributed by atoms with E-state index < -0.39 is 0 Å². The first-order valence-corrected chi connectivity index (χ1v) is 8.83. The molecule has 114 valence electrons. The molecule has 0 saturated carbocycles. The van der Waals surface area contributed by atoms with Gasteiger partial charge in [0.1, 0.15) is 0 Å². The van der Waals surface area contributed by atoms with Crippen molar-refractivity contribution in [2.24, 2.45) is 0 Å². The van der Waals surface area contributed by atoms with Crippen molar-refractivity contribution in [2.45, 2.75) is 6.04 Å². The summed E-state index contributed by atoms with van der Waals surface area (Å²) in [7, 11) is 5.10. The second-order valence-corrected chi connectivity index (χ2v) is 8.39. The summed E-state index contributed by atoms with van der Waals surface area (Å²) in [5.41, 5.74) is 2.05. The highest BCUT2D eigenvalue weighted by Crippen LogP contribution is 2.42. The van der Waals surface area contributed by atoms with E-state index in [1.807, 2.05) is 13.1 Å². The first-order chi connectivity index (χ1) is 10.0. The third kappa shape index (κ3) is 3.56. The molecule has 1 aromatic heterocycles. The second kappa shape index (κ2) is 7.33. The zero-order chi connectivity index (χ0) is 15.6. The van der Waals surface area contributed by atoms with Gasteiger partial charge in [-0.05, 0) is 62.2 Å². The van der Waals surface area contributed by atoms with Gasteiger partial charge < -0.3 is 14.8 Å². The van der Waals surface area contributed by atoms with Crippen LogP contribution in [0.3, 0.4) is 0 Å². The molecular weight excluding hydrogens is 441 g/mol. The number of nitrogens with one attached hydrogen (secondary N) is 1. The second-order valence-electron chi connectivity index (χ2n) is 4.23. The average molecular weight is 456 g/mol. The fraction of sp³-hybridized carbons (Fsp3) is 0.286. The number of hydrogen-bond donors (Lipinski definition) is 1. The van der Waals surface area contributed by atoms with Gasteiger partial charge >= 0.3 is 0 Å². The van der Waals surface area contributed by atoms with Crippen LogP contribution in [0.4, 0.5) is 0 Å². The maximum absolute atomic E-state index is 6.42. The summed E-state index contributed by atoms with van der Waals surface area (Å²) in [6, 6.07) is 5.70. The Hall–Kier alpha value is -0.270. The smallest absolute Gasteiger partial charge is 0.162 e. The van der Waals surface area contributed by atoms with Crippen LogP contribution in [-0.2, 0) is 0 Å². The lowest BCUT2D eigenvalue weighted by Crippen LogP contribution is -2.18. The van der Waals surface area contributed by atoms with E-state index in [-0.39, 0.29) is 6.04 Å². The van der Waals surface area contributed by atoms with Crippen molar-refractivity contribution in [2.75, 3.05) is 21.3 Å². The van der Waals surface area contributed by atoms with Crippen molar-refractivity contribution in [1.82, 2.24) is 5.32 Å². The lowest BCUT2D eigenvalue weighted by atomic mass is 10.0. The summed E-state index contributed by atoms with van der Waals surface area (Å²) in [4.78, 5) is 0. The highest BCUT2D eigenvalue weighted by atomic mass is 79.9. The molecule has 0 spiro atoms. The molecule has 3 nitrogen and oxygen atoms in total. The third-order valence-corrected chi connectivity index (χ3v) is 5.81. The zero-order valence-corrected chi connectivity index (χ0v) is 16.4. The molecule has 0 aliphatic rings. The van der Waals surface area contributed by atoms with Crippen molar-refractivity contribution in [1.29, 1.82) is 0 Å². The van der Waals surface area contributed by atoms with Gasteiger partial charge in [-0.25, -0.2) is 0 Å². The van der Waals surface area contributed by atoms with Crippen molar-refractivity contribution < 1.29 is 9.47 Å². The predicted octanol–water partition coefficient (Wildman–Crippen LogP) is 5.25. The Morgan fingerprint density at radius 3 is 2.19 bits per heavy atom. The van der Waals surface area contributed by atoms with Crippen LogP contribution in [0.1, 0.15) is 17.2 Å². The molecule has 0 aliphatic carbocycles. The van der Waals surface area contributed by atoms with Gasteiger partial charge in [-0.1, -0.05) is 11.6 Å². The minimum atomic E-state index is -0.0470. The lowest BCUT2D eigenvalue weighted by Gasteiger charge is -2.20.